The molecule has 3 aromatic heterocycles. The molecule has 0 bridgehead atoms. The first-order valence-corrected chi connectivity index (χ1v) is 6.47. The number of hydrogen-bond donors (Lipinski definition) is 2. The third-order valence-electron chi connectivity index (χ3n) is 3.77. The van der Waals surface area contributed by atoms with Gasteiger partial charge in [0.05, 0.1) is 17.8 Å². The van der Waals surface area contributed by atoms with Crippen LogP contribution in [-0.4, -0.2) is 39.3 Å². The van der Waals surface area contributed by atoms with Crippen LogP contribution in [0.2, 0.25) is 0 Å². The van der Waals surface area contributed by atoms with Crippen LogP contribution in [0, 0.1) is 0 Å². The fourth-order valence-electron chi connectivity index (χ4n) is 2.86. The van der Waals surface area contributed by atoms with Gasteiger partial charge in [0.1, 0.15) is 5.65 Å². The number of β-amino-alcohol motifs (C(OH)–C–C–N with tert-alkyl or cyclic N) is 1. The van der Waals surface area contributed by atoms with Crippen molar-refractivity contribution >= 4 is 27.6 Å². The van der Waals surface area contributed by atoms with Gasteiger partial charge in [0.15, 0.2) is 0 Å². The fourth-order valence-corrected chi connectivity index (χ4v) is 2.86. The van der Waals surface area contributed by atoms with Crippen LogP contribution < -0.4 is 4.90 Å². The average Bonchev–Trinajstić information content (AvgIpc) is 3.06. The van der Waals surface area contributed by atoms with Crippen molar-refractivity contribution in [2.24, 2.45) is 0 Å². The molecule has 1 unspecified atom stereocenters. The Labute approximate surface area is 109 Å². The van der Waals surface area contributed by atoms with E-state index >= 15 is 0 Å². The summed E-state index contributed by atoms with van der Waals surface area (Å²) in [6, 6.07) is 4.05. The zero-order valence-electron chi connectivity index (χ0n) is 10.4. The number of fused-ring (bicyclic) bond motifs is 3. The molecule has 1 fully saturated rings. The van der Waals surface area contributed by atoms with Gasteiger partial charge in [-0.1, -0.05) is 0 Å². The van der Waals surface area contributed by atoms with Crippen LogP contribution in [0.5, 0.6) is 0 Å². The van der Waals surface area contributed by atoms with Gasteiger partial charge in [-0.3, -0.25) is 4.98 Å². The number of aliphatic hydroxyl groups is 1. The molecule has 5 heteroatoms. The van der Waals surface area contributed by atoms with E-state index in [1.165, 1.54) is 0 Å². The minimum absolute atomic E-state index is 0.230. The molecule has 0 amide bonds. The van der Waals surface area contributed by atoms with Gasteiger partial charge in [0, 0.05) is 41.9 Å². The molecule has 4 rings (SSSR count). The summed E-state index contributed by atoms with van der Waals surface area (Å²) in [5, 5.41) is 11.9. The maximum Gasteiger partial charge on any atom is 0.138 e. The molecule has 1 atom stereocenters. The van der Waals surface area contributed by atoms with Crippen LogP contribution in [0.4, 0.5) is 5.69 Å². The van der Waals surface area contributed by atoms with E-state index in [4.69, 9.17) is 0 Å². The van der Waals surface area contributed by atoms with Crippen molar-refractivity contribution < 1.29 is 5.11 Å². The number of aromatic nitrogens is 3. The second-order valence-corrected chi connectivity index (χ2v) is 4.98. The minimum atomic E-state index is -0.230. The van der Waals surface area contributed by atoms with E-state index in [0.29, 0.717) is 6.54 Å². The zero-order chi connectivity index (χ0) is 12.8. The molecule has 1 saturated heterocycles. The normalized spacial score (nSPS) is 19.6. The van der Waals surface area contributed by atoms with Gasteiger partial charge in [-0.05, 0) is 18.6 Å². The Balaban J connectivity index is 2.01. The van der Waals surface area contributed by atoms with Crippen molar-refractivity contribution in [3.05, 3.63) is 30.7 Å². The Morgan fingerprint density at radius 2 is 2.26 bits per heavy atom. The molecular formula is C14H14N4O. The van der Waals surface area contributed by atoms with E-state index in [-0.39, 0.29) is 6.10 Å². The fraction of sp³-hybridized carbons (Fsp3) is 0.286. The predicted molar refractivity (Wildman–Crippen MR) is 74.2 cm³/mol. The van der Waals surface area contributed by atoms with Crippen molar-refractivity contribution in [3.63, 3.8) is 0 Å². The molecule has 4 heterocycles. The number of aliphatic hydroxyl groups excluding tert-OH is 1. The monoisotopic (exact) mass is 254 g/mol. The SMILES string of the molecule is OC1CCN(c2ccnc3cnc4[nH]ccc4c23)C1. The van der Waals surface area contributed by atoms with Crippen molar-refractivity contribution in [1.29, 1.82) is 0 Å². The van der Waals surface area contributed by atoms with Gasteiger partial charge in [-0.15, -0.1) is 0 Å². The van der Waals surface area contributed by atoms with E-state index in [1.54, 1.807) is 6.20 Å². The number of pyridine rings is 2. The van der Waals surface area contributed by atoms with Gasteiger partial charge >= 0.3 is 0 Å². The van der Waals surface area contributed by atoms with Crippen LogP contribution in [0.15, 0.2) is 30.7 Å². The van der Waals surface area contributed by atoms with E-state index in [0.717, 1.165) is 40.6 Å². The summed E-state index contributed by atoms with van der Waals surface area (Å²) in [4.78, 5) is 14.1. The third-order valence-corrected chi connectivity index (χ3v) is 3.77. The topological polar surface area (TPSA) is 65.0 Å². The van der Waals surface area contributed by atoms with E-state index in [1.807, 2.05) is 24.5 Å². The van der Waals surface area contributed by atoms with Crippen molar-refractivity contribution in [2.75, 3.05) is 18.0 Å². The molecule has 3 aromatic rings. The number of H-pyrrole nitrogens is 1. The summed E-state index contributed by atoms with van der Waals surface area (Å²) in [6.45, 7) is 1.57. The summed E-state index contributed by atoms with van der Waals surface area (Å²) in [6.07, 6.45) is 6.09. The molecule has 0 aromatic carbocycles. The number of anilines is 1. The molecule has 1 aliphatic rings. The van der Waals surface area contributed by atoms with Gasteiger partial charge in [-0.2, -0.15) is 0 Å². The highest BCUT2D eigenvalue weighted by Gasteiger charge is 2.22. The number of aromatic amines is 1. The van der Waals surface area contributed by atoms with Crippen molar-refractivity contribution in [1.82, 2.24) is 15.0 Å². The van der Waals surface area contributed by atoms with Crippen LogP contribution in [0.1, 0.15) is 6.42 Å². The first-order chi connectivity index (χ1) is 9.33. The van der Waals surface area contributed by atoms with Crippen molar-refractivity contribution in [2.45, 2.75) is 12.5 Å². The largest absolute Gasteiger partial charge is 0.391 e. The van der Waals surface area contributed by atoms with Crippen LogP contribution in [0.3, 0.4) is 0 Å². The highest BCUT2D eigenvalue weighted by Crippen LogP contribution is 2.32. The van der Waals surface area contributed by atoms with Gasteiger partial charge in [-0.25, -0.2) is 4.98 Å². The average molecular weight is 254 g/mol. The molecular weight excluding hydrogens is 240 g/mol. The lowest BCUT2D eigenvalue weighted by Crippen LogP contribution is -2.21. The Hall–Kier alpha value is -2.14. The molecule has 0 radical (unpaired) electrons. The van der Waals surface area contributed by atoms with Gasteiger partial charge in [0.25, 0.3) is 0 Å². The summed E-state index contributed by atoms with van der Waals surface area (Å²) in [7, 11) is 0. The standard InChI is InChI=1S/C14H14N4O/c19-9-3-6-18(8-9)12-2-5-15-11-7-17-14-10(13(11)12)1-4-16-14/h1-2,4-5,7,9,19H,3,6,8H2,(H,16,17). The smallest absolute Gasteiger partial charge is 0.138 e. The zero-order valence-corrected chi connectivity index (χ0v) is 10.4. The molecule has 0 saturated carbocycles. The predicted octanol–water partition coefficient (Wildman–Crippen LogP) is 1.68. The van der Waals surface area contributed by atoms with Crippen molar-refractivity contribution in [3.8, 4) is 0 Å². The first-order valence-electron chi connectivity index (χ1n) is 6.47. The Morgan fingerprint density at radius 3 is 3.11 bits per heavy atom. The Kier molecular flexibility index (Phi) is 2.22. The second kappa shape index (κ2) is 3.93. The number of nitrogens with one attached hydrogen (secondary N) is 1. The third kappa shape index (κ3) is 1.58. The Bertz CT molecular complexity index is 751. The lowest BCUT2D eigenvalue weighted by molar-refractivity contribution is 0.198. The molecule has 19 heavy (non-hydrogen) atoms. The molecule has 0 aliphatic carbocycles. The van der Waals surface area contributed by atoms with Gasteiger partial charge < -0.3 is 15.0 Å². The molecule has 1 aliphatic heterocycles. The summed E-state index contributed by atoms with van der Waals surface area (Å²) in [5.41, 5.74) is 2.90. The first kappa shape index (κ1) is 10.8. The van der Waals surface area contributed by atoms with Crippen LogP contribution in [-0.2, 0) is 0 Å². The lowest BCUT2D eigenvalue weighted by atomic mass is 10.1. The minimum Gasteiger partial charge on any atom is -0.391 e. The van der Waals surface area contributed by atoms with Crippen LogP contribution in [0.25, 0.3) is 21.9 Å². The number of nitrogens with zero attached hydrogens (tertiary/aromatic N) is 3. The lowest BCUT2D eigenvalue weighted by Gasteiger charge is -2.19. The van der Waals surface area contributed by atoms with E-state index in [2.05, 4.69) is 19.9 Å². The van der Waals surface area contributed by atoms with Gasteiger partial charge in [0.2, 0.25) is 0 Å². The summed E-state index contributed by atoms with van der Waals surface area (Å²) >= 11 is 0. The molecule has 96 valence electrons. The number of rotatable bonds is 1. The van der Waals surface area contributed by atoms with Crippen LogP contribution >= 0.6 is 0 Å². The quantitative estimate of drug-likeness (QED) is 0.693. The molecule has 0 spiro atoms. The second-order valence-electron chi connectivity index (χ2n) is 4.98. The highest BCUT2D eigenvalue weighted by atomic mass is 16.3. The highest BCUT2D eigenvalue weighted by molar-refractivity contribution is 6.09. The maximum absolute atomic E-state index is 9.73. The maximum atomic E-state index is 9.73. The summed E-state index contributed by atoms with van der Waals surface area (Å²) in [5.74, 6) is 0. The Morgan fingerprint density at radius 1 is 1.32 bits per heavy atom. The molecule has 5 nitrogen and oxygen atoms in total. The molecule has 2 N–H and O–H groups in total. The number of hydrogen-bond acceptors (Lipinski definition) is 4. The van der Waals surface area contributed by atoms with E-state index in [9.17, 15) is 5.11 Å². The van der Waals surface area contributed by atoms with E-state index < -0.39 is 0 Å². The summed E-state index contributed by atoms with van der Waals surface area (Å²) < 4.78 is 0.